The Morgan fingerprint density at radius 1 is 1.44 bits per heavy atom. The topological polar surface area (TPSA) is 40.5 Å². The minimum Gasteiger partial charge on any atom is -0.480 e. The molecule has 88 valence electrons. The van der Waals surface area contributed by atoms with E-state index in [-0.39, 0.29) is 6.54 Å². The lowest BCUT2D eigenvalue weighted by Gasteiger charge is -2.23. The summed E-state index contributed by atoms with van der Waals surface area (Å²) in [6.45, 7) is 2.78. The maximum atomic E-state index is 10.8. The van der Waals surface area contributed by atoms with Crippen LogP contribution < -0.4 is 4.90 Å². The summed E-state index contributed by atoms with van der Waals surface area (Å²) >= 11 is 6.05. The molecule has 3 nitrogen and oxygen atoms in total. The predicted octanol–water partition coefficient (Wildman–Crippen LogP) is 3.03. The standard InChI is InChI=1S/C12H16ClNO2/c1-2-3-8-14(9-12(15)16)11-7-5-4-6-10(11)13/h4-7H,2-3,8-9H2,1H3,(H,15,16). The van der Waals surface area contributed by atoms with Gasteiger partial charge >= 0.3 is 5.97 Å². The van der Waals surface area contributed by atoms with Gasteiger partial charge in [-0.25, -0.2) is 0 Å². The molecule has 4 heteroatoms. The molecule has 1 aromatic rings. The fraction of sp³-hybridized carbons (Fsp3) is 0.417. The van der Waals surface area contributed by atoms with Gasteiger partial charge in [0, 0.05) is 6.54 Å². The molecule has 0 aromatic heterocycles. The van der Waals surface area contributed by atoms with Gasteiger partial charge in [-0.15, -0.1) is 0 Å². The molecular weight excluding hydrogens is 226 g/mol. The number of hydrogen-bond donors (Lipinski definition) is 1. The fourth-order valence-electron chi connectivity index (χ4n) is 1.51. The molecule has 0 bridgehead atoms. The van der Waals surface area contributed by atoms with Crippen molar-refractivity contribution in [1.29, 1.82) is 0 Å². The average molecular weight is 242 g/mol. The molecule has 0 spiro atoms. The first-order valence-electron chi connectivity index (χ1n) is 5.36. The second-order valence-corrected chi connectivity index (χ2v) is 4.03. The average Bonchev–Trinajstić information content (AvgIpc) is 2.24. The lowest BCUT2D eigenvalue weighted by atomic mass is 10.2. The Morgan fingerprint density at radius 2 is 2.12 bits per heavy atom. The van der Waals surface area contributed by atoms with E-state index in [0.717, 1.165) is 18.5 Å². The van der Waals surface area contributed by atoms with Crippen molar-refractivity contribution < 1.29 is 9.90 Å². The van der Waals surface area contributed by atoms with Gasteiger partial charge in [0.25, 0.3) is 0 Å². The molecule has 0 heterocycles. The maximum absolute atomic E-state index is 10.8. The van der Waals surface area contributed by atoms with E-state index in [9.17, 15) is 4.79 Å². The van der Waals surface area contributed by atoms with Gasteiger partial charge in [-0.3, -0.25) is 4.79 Å². The Bertz CT molecular complexity index is 355. The van der Waals surface area contributed by atoms with E-state index >= 15 is 0 Å². The number of para-hydroxylation sites is 1. The van der Waals surface area contributed by atoms with Gasteiger partial charge in [0.2, 0.25) is 0 Å². The first kappa shape index (κ1) is 12.8. The summed E-state index contributed by atoms with van der Waals surface area (Å²) in [5.41, 5.74) is 0.792. The molecule has 0 radical (unpaired) electrons. The number of nitrogens with zero attached hydrogens (tertiary/aromatic N) is 1. The zero-order chi connectivity index (χ0) is 12.0. The molecule has 0 atom stereocenters. The van der Waals surface area contributed by atoms with Gasteiger partial charge < -0.3 is 10.0 Å². The van der Waals surface area contributed by atoms with Crippen LogP contribution in [-0.4, -0.2) is 24.2 Å². The van der Waals surface area contributed by atoms with Gasteiger partial charge in [-0.05, 0) is 18.6 Å². The highest BCUT2D eigenvalue weighted by molar-refractivity contribution is 6.33. The van der Waals surface area contributed by atoms with Crippen LogP contribution in [0.3, 0.4) is 0 Å². The molecule has 0 saturated carbocycles. The smallest absolute Gasteiger partial charge is 0.323 e. The molecule has 1 aromatic carbocycles. The van der Waals surface area contributed by atoms with Gasteiger partial charge in [0.15, 0.2) is 0 Å². The van der Waals surface area contributed by atoms with Crippen molar-refractivity contribution in [2.75, 3.05) is 18.0 Å². The number of unbranched alkanes of at least 4 members (excludes halogenated alkanes) is 1. The maximum Gasteiger partial charge on any atom is 0.323 e. The molecule has 0 amide bonds. The normalized spacial score (nSPS) is 10.1. The predicted molar refractivity (Wildman–Crippen MR) is 66.2 cm³/mol. The number of benzene rings is 1. The van der Waals surface area contributed by atoms with Crippen molar-refractivity contribution in [3.8, 4) is 0 Å². The minimum atomic E-state index is -0.837. The summed E-state index contributed by atoms with van der Waals surface area (Å²) in [4.78, 5) is 12.6. The number of anilines is 1. The van der Waals surface area contributed by atoms with E-state index in [1.807, 2.05) is 18.2 Å². The molecule has 0 aliphatic carbocycles. The quantitative estimate of drug-likeness (QED) is 0.832. The molecule has 0 saturated heterocycles. The second-order valence-electron chi connectivity index (χ2n) is 3.62. The van der Waals surface area contributed by atoms with Crippen LogP contribution in [0.4, 0.5) is 5.69 Å². The van der Waals surface area contributed by atoms with E-state index in [2.05, 4.69) is 6.92 Å². The third-order valence-electron chi connectivity index (χ3n) is 2.30. The summed E-state index contributed by atoms with van der Waals surface area (Å²) in [5.74, 6) is -0.837. The summed E-state index contributed by atoms with van der Waals surface area (Å²) < 4.78 is 0. The third-order valence-corrected chi connectivity index (χ3v) is 2.62. The highest BCUT2D eigenvalue weighted by Gasteiger charge is 2.12. The number of rotatable bonds is 6. The van der Waals surface area contributed by atoms with Crippen molar-refractivity contribution in [3.63, 3.8) is 0 Å². The Kier molecular flexibility index (Phi) is 5.12. The van der Waals surface area contributed by atoms with Gasteiger partial charge in [0.1, 0.15) is 6.54 Å². The minimum absolute atomic E-state index is 0.0102. The summed E-state index contributed by atoms with van der Waals surface area (Å²) in [7, 11) is 0. The molecular formula is C12H16ClNO2. The summed E-state index contributed by atoms with van der Waals surface area (Å²) in [6, 6.07) is 7.32. The Hall–Kier alpha value is -1.22. The zero-order valence-electron chi connectivity index (χ0n) is 9.32. The van der Waals surface area contributed by atoms with Crippen molar-refractivity contribution in [2.45, 2.75) is 19.8 Å². The van der Waals surface area contributed by atoms with Crippen LogP contribution in [0.1, 0.15) is 19.8 Å². The number of hydrogen-bond acceptors (Lipinski definition) is 2. The summed E-state index contributed by atoms with van der Waals surface area (Å²) in [6.07, 6.45) is 1.99. The van der Waals surface area contributed by atoms with Crippen molar-refractivity contribution in [3.05, 3.63) is 29.3 Å². The van der Waals surface area contributed by atoms with Crippen LogP contribution >= 0.6 is 11.6 Å². The van der Waals surface area contributed by atoms with Crippen LogP contribution in [0.5, 0.6) is 0 Å². The van der Waals surface area contributed by atoms with Crippen molar-refractivity contribution in [2.24, 2.45) is 0 Å². The molecule has 1 rings (SSSR count). The Morgan fingerprint density at radius 3 is 2.69 bits per heavy atom. The number of carboxylic acid groups (broad SMARTS) is 1. The number of halogens is 1. The SMILES string of the molecule is CCCCN(CC(=O)O)c1ccccc1Cl. The number of aliphatic carboxylic acids is 1. The van der Waals surface area contributed by atoms with E-state index in [1.165, 1.54) is 0 Å². The van der Waals surface area contributed by atoms with E-state index in [0.29, 0.717) is 11.6 Å². The molecule has 1 N–H and O–H groups in total. The Balaban J connectivity index is 2.82. The van der Waals surface area contributed by atoms with E-state index < -0.39 is 5.97 Å². The van der Waals surface area contributed by atoms with Crippen LogP contribution in [0, 0.1) is 0 Å². The van der Waals surface area contributed by atoms with Crippen LogP contribution in [0.15, 0.2) is 24.3 Å². The fourth-order valence-corrected chi connectivity index (χ4v) is 1.76. The molecule has 0 aliphatic rings. The highest BCUT2D eigenvalue weighted by Crippen LogP contribution is 2.25. The van der Waals surface area contributed by atoms with Crippen LogP contribution in [0.25, 0.3) is 0 Å². The highest BCUT2D eigenvalue weighted by atomic mass is 35.5. The van der Waals surface area contributed by atoms with Gasteiger partial charge in [-0.1, -0.05) is 37.1 Å². The molecule has 0 aliphatic heterocycles. The number of carboxylic acids is 1. The Labute approximate surface area is 101 Å². The lowest BCUT2D eigenvalue weighted by molar-refractivity contribution is -0.135. The second kappa shape index (κ2) is 6.38. The van der Waals surface area contributed by atoms with Crippen LogP contribution in [-0.2, 0) is 4.79 Å². The van der Waals surface area contributed by atoms with Crippen LogP contribution in [0.2, 0.25) is 5.02 Å². The first-order valence-corrected chi connectivity index (χ1v) is 5.74. The molecule has 0 fully saturated rings. The lowest BCUT2D eigenvalue weighted by Crippen LogP contribution is -2.30. The van der Waals surface area contributed by atoms with E-state index in [1.54, 1.807) is 11.0 Å². The largest absolute Gasteiger partial charge is 0.480 e. The third kappa shape index (κ3) is 3.74. The first-order chi connectivity index (χ1) is 7.65. The van der Waals surface area contributed by atoms with Gasteiger partial charge in [0.05, 0.1) is 10.7 Å². The summed E-state index contributed by atoms with van der Waals surface area (Å²) in [5, 5.41) is 9.45. The molecule has 16 heavy (non-hydrogen) atoms. The molecule has 0 unspecified atom stereocenters. The van der Waals surface area contributed by atoms with E-state index in [4.69, 9.17) is 16.7 Å². The monoisotopic (exact) mass is 241 g/mol. The van der Waals surface area contributed by atoms with Crippen molar-refractivity contribution >= 4 is 23.3 Å². The van der Waals surface area contributed by atoms with Gasteiger partial charge in [-0.2, -0.15) is 0 Å². The van der Waals surface area contributed by atoms with Crippen molar-refractivity contribution in [1.82, 2.24) is 0 Å². The zero-order valence-corrected chi connectivity index (χ0v) is 10.1. The number of carbonyl (C=O) groups is 1.